The Hall–Kier alpha value is -0.920. The molecule has 178 valence electrons. The Balaban J connectivity index is 1.35. The average Bonchev–Trinajstić information content (AvgIpc) is 3.07. The largest absolute Gasteiger partial charge is 0.241 e. The van der Waals surface area contributed by atoms with Crippen LogP contribution in [-0.4, -0.2) is 9.97 Å². The van der Waals surface area contributed by atoms with Gasteiger partial charge in [-0.1, -0.05) is 53.9 Å². The van der Waals surface area contributed by atoms with E-state index in [1.165, 1.54) is 81.9 Å². The molecule has 0 N–H and O–H groups in total. The Morgan fingerprint density at radius 3 is 2.62 bits per heavy atom. The van der Waals surface area contributed by atoms with E-state index in [4.69, 9.17) is 4.98 Å². The van der Waals surface area contributed by atoms with Crippen molar-refractivity contribution in [1.82, 2.24) is 9.97 Å². The van der Waals surface area contributed by atoms with Crippen molar-refractivity contribution in [3.8, 4) is 0 Å². The van der Waals surface area contributed by atoms with Crippen LogP contribution in [0, 0.1) is 59.2 Å². The van der Waals surface area contributed by atoms with E-state index in [-0.39, 0.29) is 0 Å². The van der Waals surface area contributed by atoms with Crippen molar-refractivity contribution in [1.29, 1.82) is 0 Å². The molecule has 8 unspecified atom stereocenters. The molecule has 5 rings (SSSR count). The summed E-state index contributed by atoms with van der Waals surface area (Å²) in [6, 6.07) is 0. The fourth-order valence-corrected chi connectivity index (χ4v) is 9.56. The van der Waals surface area contributed by atoms with E-state index >= 15 is 0 Å². The third-order valence-electron chi connectivity index (χ3n) is 11.3. The molecule has 0 bridgehead atoms. The zero-order valence-corrected chi connectivity index (χ0v) is 21.8. The Kier molecular flexibility index (Phi) is 5.99. The lowest BCUT2D eigenvalue weighted by Crippen LogP contribution is -2.56. The van der Waals surface area contributed by atoms with E-state index < -0.39 is 0 Å². The molecule has 3 saturated carbocycles. The van der Waals surface area contributed by atoms with Crippen LogP contribution in [0.4, 0.5) is 0 Å². The van der Waals surface area contributed by atoms with Gasteiger partial charge in [-0.3, -0.25) is 0 Å². The summed E-state index contributed by atoms with van der Waals surface area (Å²) in [5.41, 5.74) is 3.90. The predicted octanol–water partition coefficient (Wildman–Crippen LogP) is 7.82. The van der Waals surface area contributed by atoms with Gasteiger partial charge >= 0.3 is 0 Å². The van der Waals surface area contributed by atoms with E-state index in [2.05, 4.69) is 52.7 Å². The quantitative estimate of drug-likeness (QED) is 0.440. The van der Waals surface area contributed by atoms with Crippen LogP contribution in [-0.2, 0) is 12.8 Å². The van der Waals surface area contributed by atoms with E-state index in [0.29, 0.717) is 10.8 Å². The van der Waals surface area contributed by atoms with Gasteiger partial charge in [-0.15, -0.1) is 0 Å². The first-order valence-electron chi connectivity index (χ1n) is 14.0. The van der Waals surface area contributed by atoms with Crippen molar-refractivity contribution in [2.75, 3.05) is 0 Å². The van der Waals surface area contributed by atoms with Crippen molar-refractivity contribution < 1.29 is 0 Å². The van der Waals surface area contributed by atoms with Gasteiger partial charge in [0.25, 0.3) is 0 Å². The second kappa shape index (κ2) is 8.38. The molecule has 1 heterocycles. The Bertz CT molecular complexity index is 830. The number of aromatic nitrogens is 2. The lowest BCUT2D eigenvalue weighted by molar-refractivity contribution is -0.124. The maximum Gasteiger partial charge on any atom is 0.125 e. The van der Waals surface area contributed by atoms with Crippen LogP contribution in [0.2, 0.25) is 0 Å². The monoisotopic (exact) mass is 436 g/mol. The van der Waals surface area contributed by atoms with Crippen LogP contribution in [0.15, 0.2) is 6.20 Å². The molecule has 4 aliphatic carbocycles. The van der Waals surface area contributed by atoms with Gasteiger partial charge in [-0.05, 0) is 116 Å². The summed E-state index contributed by atoms with van der Waals surface area (Å²) in [5, 5.41) is 0. The maximum atomic E-state index is 4.87. The molecule has 0 aliphatic heterocycles. The molecular weight excluding hydrogens is 388 g/mol. The second-order valence-corrected chi connectivity index (χ2v) is 13.5. The van der Waals surface area contributed by atoms with Gasteiger partial charge < -0.3 is 0 Å². The van der Waals surface area contributed by atoms with Gasteiger partial charge in [-0.2, -0.15) is 0 Å². The molecule has 0 radical (unpaired) electrons. The molecule has 0 spiro atoms. The highest BCUT2D eigenvalue weighted by Crippen LogP contribution is 2.68. The first-order chi connectivity index (χ1) is 15.2. The van der Waals surface area contributed by atoms with Gasteiger partial charge in [0.05, 0.1) is 0 Å². The number of hydrogen-bond donors (Lipinski definition) is 0. The second-order valence-electron chi connectivity index (χ2n) is 13.5. The molecule has 1 aromatic heterocycles. The van der Waals surface area contributed by atoms with E-state index in [1.807, 2.05) is 0 Å². The standard InChI is InChI=1S/C30H48N2/c1-19(2)9-7-8-10-23-11-12-25-28-20(3)15-24-16-27-22(18-31-21(4)32-27)17-30(24,6)26(28)13-14-29(23,25)5/h18-20,23-26,28H,7-17H2,1-6H3. The highest BCUT2D eigenvalue weighted by Gasteiger charge is 2.61. The normalized spacial score (nSPS) is 42.8. The Labute approximate surface area is 197 Å². The van der Waals surface area contributed by atoms with Crippen LogP contribution in [0.1, 0.15) is 109 Å². The first-order valence-corrected chi connectivity index (χ1v) is 14.0. The number of nitrogens with zero attached hydrogens (tertiary/aromatic N) is 2. The molecule has 1 aromatic rings. The van der Waals surface area contributed by atoms with Crippen LogP contribution in [0.25, 0.3) is 0 Å². The number of fused-ring (bicyclic) bond motifs is 6. The minimum atomic E-state index is 0.458. The lowest BCUT2D eigenvalue weighted by atomic mass is 9.42. The predicted molar refractivity (Wildman–Crippen MR) is 133 cm³/mol. The molecular formula is C30H48N2. The molecule has 0 amide bonds. The fraction of sp³-hybridized carbons (Fsp3) is 0.867. The molecule has 0 aromatic carbocycles. The van der Waals surface area contributed by atoms with Crippen molar-refractivity contribution in [2.24, 2.45) is 52.3 Å². The third kappa shape index (κ3) is 3.67. The highest BCUT2D eigenvalue weighted by atomic mass is 14.9. The minimum Gasteiger partial charge on any atom is -0.241 e. The van der Waals surface area contributed by atoms with Gasteiger partial charge in [0.2, 0.25) is 0 Å². The van der Waals surface area contributed by atoms with Crippen molar-refractivity contribution in [3.63, 3.8) is 0 Å². The molecule has 3 fully saturated rings. The number of rotatable bonds is 5. The zero-order valence-electron chi connectivity index (χ0n) is 21.8. The summed E-state index contributed by atoms with van der Waals surface area (Å²) in [6.07, 6.45) is 17.8. The summed E-state index contributed by atoms with van der Waals surface area (Å²) < 4.78 is 0. The summed E-state index contributed by atoms with van der Waals surface area (Å²) in [4.78, 5) is 9.46. The van der Waals surface area contributed by atoms with Gasteiger partial charge in [-0.25, -0.2) is 9.97 Å². The van der Waals surface area contributed by atoms with E-state index in [1.54, 1.807) is 0 Å². The molecule has 32 heavy (non-hydrogen) atoms. The zero-order chi connectivity index (χ0) is 22.7. The maximum absolute atomic E-state index is 4.87. The van der Waals surface area contributed by atoms with Crippen molar-refractivity contribution in [2.45, 2.75) is 112 Å². The topological polar surface area (TPSA) is 25.8 Å². The van der Waals surface area contributed by atoms with Gasteiger partial charge in [0, 0.05) is 11.9 Å². The number of unbranched alkanes of at least 4 members (excludes halogenated alkanes) is 1. The SMILES string of the molecule is Cc1ncc2c(n1)CC1CC(C)C3C4CCC(CCCCC(C)C)C4(C)CCC3C1(C)C2. The van der Waals surface area contributed by atoms with Crippen LogP contribution >= 0.6 is 0 Å². The molecule has 2 nitrogen and oxygen atoms in total. The lowest BCUT2D eigenvalue weighted by Gasteiger charge is -2.62. The first kappa shape index (κ1) is 22.9. The summed E-state index contributed by atoms with van der Waals surface area (Å²) in [7, 11) is 0. The summed E-state index contributed by atoms with van der Waals surface area (Å²) in [5.74, 6) is 7.33. The Morgan fingerprint density at radius 2 is 1.84 bits per heavy atom. The van der Waals surface area contributed by atoms with Gasteiger partial charge in [0.15, 0.2) is 0 Å². The van der Waals surface area contributed by atoms with Crippen molar-refractivity contribution in [3.05, 3.63) is 23.3 Å². The van der Waals surface area contributed by atoms with E-state index in [9.17, 15) is 0 Å². The highest BCUT2D eigenvalue weighted by molar-refractivity contribution is 5.26. The number of hydrogen-bond acceptors (Lipinski definition) is 2. The van der Waals surface area contributed by atoms with E-state index in [0.717, 1.165) is 47.2 Å². The molecule has 2 heteroatoms. The van der Waals surface area contributed by atoms with Crippen LogP contribution in [0.5, 0.6) is 0 Å². The van der Waals surface area contributed by atoms with Crippen LogP contribution < -0.4 is 0 Å². The van der Waals surface area contributed by atoms with Crippen LogP contribution in [0.3, 0.4) is 0 Å². The van der Waals surface area contributed by atoms with Crippen molar-refractivity contribution >= 4 is 0 Å². The summed E-state index contributed by atoms with van der Waals surface area (Å²) in [6.45, 7) is 14.8. The molecule has 8 atom stereocenters. The number of aryl methyl sites for hydroxylation is 1. The molecule has 4 aliphatic rings. The average molecular weight is 437 g/mol. The fourth-order valence-electron chi connectivity index (χ4n) is 9.56. The van der Waals surface area contributed by atoms with Gasteiger partial charge in [0.1, 0.15) is 5.82 Å². The Morgan fingerprint density at radius 1 is 1.06 bits per heavy atom. The third-order valence-corrected chi connectivity index (χ3v) is 11.3. The molecule has 0 saturated heterocycles. The smallest absolute Gasteiger partial charge is 0.125 e. The summed E-state index contributed by atoms with van der Waals surface area (Å²) >= 11 is 0. The minimum absolute atomic E-state index is 0.458.